The molecule has 0 aromatic heterocycles. The van der Waals surface area contributed by atoms with E-state index in [9.17, 15) is 0 Å². The van der Waals surface area contributed by atoms with Gasteiger partial charge in [0, 0.05) is 6.54 Å². The molecule has 0 saturated heterocycles. The van der Waals surface area contributed by atoms with E-state index in [2.05, 4.69) is 17.5 Å². The normalized spacial score (nSPS) is 19.3. The first-order valence-electron chi connectivity index (χ1n) is 5.53. The Morgan fingerprint density at radius 1 is 1.53 bits per heavy atom. The van der Waals surface area contributed by atoms with Crippen molar-refractivity contribution in [2.75, 3.05) is 13.6 Å². The number of nitrogens with zero attached hydrogens (tertiary/aromatic N) is 1. The zero-order valence-electron chi connectivity index (χ0n) is 9.09. The highest BCUT2D eigenvalue weighted by molar-refractivity contribution is 5.45. The van der Waals surface area contributed by atoms with Crippen LogP contribution in [0.25, 0.3) is 0 Å². The minimum atomic E-state index is 0.590. The molecular weight excluding hydrogens is 184 g/mol. The summed E-state index contributed by atoms with van der Waals surface area (Å²) in [6.07, 6.45) is 3.51. The van der Waals surface area contributed by atoms with Crippen LogP contribution in [-0.2, 0) is 6.42 Å². The van der Waals surface area contributed by atoms with Crippen LogP contribution in [0.1, 0.15) is 35.4 Å². The lowest BCUT2D eigenvalue weighted by atomic mass is 9.81. The van der Waals surface area contributed by atoms with Gasteiger partial charge in [0.2, 0.25) is 0 Å². The largest absolute Gasteiger partial charge is 0.319 e. The molecule has 0 bridgehead atoms. The lowest BCUT2D eigenvalue weighted by Crippen LogP contribution is -2.21. The highest BCUT2D eigenvalue weighted by atomic mass is 14.8. The summed E-state index contributed by atoms with van der Waals surface area (Å²) in [6, 6.07) is 8.41. The Kier molecular flexibility index (Phi) is 3.03. The Bertz CT molecular complexity index is 390. The number of hydrogen-bond donors (Lipinski definition) is 1. The van der Waals surface area contributed by atoms with Crippen LogP contribution in [0.4, 0.5) is 0 Å². The smallest absolute Gasteiger partial charge is 0.0994 e. The fourth-order valence-corrected chi connectivity index (χ4v) is 2.51. The third-order valence-corrected chi connectivity index (χ3v) is 3.20. The van der Waals surface area contributed by atoms with Crippen molar-refractivity contribution in [3.63, 3.8) is 0 Å². The van der Waals surface area contributed by atoms with Gasteiger partial charge < -0.3 is 5.32 Å². The molecule has 1 N–H and O–H groups in total. The second kappa shape index (κ2) is 4.46. The zero-order valence-corrected chi connectivity index (χ0v) is 9.09. The van der Waals surface area contributed by atoms with Crippen molar-refractivity contribution in [2.24, 2.45) is 0 Å². The Morgan fingerprint density at radius 2 is 2.40 bits per heavy atom. The van der Waals surface area contributed by atoms with Gasteiger partial charge in [-0.3, -0.25) is 0 Å². The molecular formula is C13H16N2. The average molecular weight is 200 g/mol. The first-order valence-corrected chi connectivity index (χ1v) is 5.53. The van der Waals surface area contributed by atoms with Crippen LogP contribution in [0.2, 0.25) is 0 Å². The molecule has 2 heteroatoms. The molecule has 0 spiro atoms. The summed E-state index contributed by atoms with van der Waals surface area (Å²) in [6.45, 7) is 1.02. The highest BCUT2D eigenvalue weighted by Gasteiger charge is 2.21. The van der Waals surface area contributed by atoms with Crippen LogP contribution < -0.4 is 5.32 Å². The Labute approximate surface area is 90.9 Å². The van der Waals surface area contributed by atoms with E-state index < -0.39 is 0 Å². The lowest BCUT2D eigenvalue weighted by Gasteiger charge is -2.25. The van der Waals surface area contributed by atoms with E-state index >= 15 is 0 Å². The van der Waals surface area contributed by atoms with Crippen molar-refractivity contribution in [3.8, 4) is 6.07 Å². The predicted molar refractivity (Wildman–Crippen MR) is 60.8 cm³/mol. The molecule has 2 nitrogen and oxygen atoms in total. The summed E-state index contributed by atoms with van der Waals surface area (Å²) in [4.78, 5) is 0. The maximum atomic E-state index is 9.04. The van der Waals surface area contributed by atoms with Gasteiger partial charge in [0.25, 0.3) is 0 Å². The number of likely N-dealkylation sites (N-methyl/N-ethyl adjacent to an activating group) is 1. The summed E-state index contributed by atoms with van der Waals surface area (Å²) in [5.41, 5.74) is 3.54. The molecule has 0 radical (unpaired) electrons. The van der Waals surface area contributed by atoms with Crippen LogP contribution in [0.3, 0.4) is 0 Å². The summed E-state index contributed by atoms with van der Waals surface area (Å²) in [5, 5.41) is 12.3. The van der Waals surface area contributed by atoms with Gasteiger partial charge in [0.05, 0.1) is 11.6 Å². The molecule has 0 aliphatic heterocycles. The van der Waals surface area contributed by atoms with Crippen LogP contribution in [-0.4, -0.2) is 13.6 Å². The van der Waals surface area contributed by atoms with E-state index in [4.69, 9.17) is 5.26 Å². The van der Waals surface area contributed by atoms with Crippen molar-refractivity contribution in [1.82, 2.24) is 5.32 Å². The van der Waals surface area contributed by atoms with E-state index in [0.29, 0.717) is 5.92 Å². The molecule has 1 aromatic carbocycles. The highest BCUT2D eigenvalue weighted by Crippen LogP contribution is 2.32. The van der Waals surface area contributed by atoms with Crippen molar-refractivity contribution in [2.45, 2.75) is 25.2 Å². The maximum absolute atomic E-state index is 9.04. The van der Waals surface area contributed by atoms with Gasteiger partial charge >= 0.3 is 0 Å². The third kappa shape index (κ3) is 1.88. The third-order valence-electron chi connectivity index (χ3n) is 3.20. The minimum Gasteiger partial charge on any atom is -0.319 e. The van der Waals surface area contributed by atoms with Crippen molar-refractivity contribution < 1.29 is 0 Å². The molecule has 0 amide bonds. The average Bonchev–Trinajstić information content (AvgIpc) is 2.29. The Hall–Kier alpha value is -1.33. The van der Waals surface area contributed by atoms with E-state index in [-0.39, 0.29) is 0 Å². The van der Waals surface area contributed by atoms with Crippen LogP contribution >= 0.6 is 0 Å². The molecule has 1 atom stereocenters. The SMILES string of the molecule is CNCC1CCCc2c(C#N)cccc21. The van der Waals surface area contributed by atoms with Crippen molar-refractivity contribution in [1.29, 1.82) is 5.26 Å². The number of benzene rings is 1. The first-order chi connectivity index (χ1) is 7.36. The maximum Gasteiger partial charge on any atom is 0.0994 e. The van der Waals surface area contributed by atoms with Crippen molar-refractivity contribution >= 4 is 0 Å². The monoisotopic (exact) mass is 200 g/mol. The molecule has 1 aliphatic rings. The van der Waals surface area contributed by atoms with Crippen LogP contribution in [0.5, 0.6) is 0 Å². The van der Waals surface area contributed by atoms with E-state index in [1.165, 1.54) is 24.0 Å². The molecule has 0 heterocycles. The topological polar surface area (TPSA) is 35.8 Å². The summed E-state index contributed by atoms with van der Waals surface area (Å²) in [5.74, 6) is 0.590. The fraction of sp³-hybridized carbons (Fsp3) is 0.462. The Morgan fingerprint density at radius 3 is 3.13 bits per heavy atom. The lowest BCUT2D eigenvalue weighted by molar-refractivity contribution is 0.528. The van der Waals surface area contributed by atoms with Gasteiger partial charge in [0.15, 0.2) is 0 Å². The minimum absolute atomic E-state index is 0.590. The first kappa shape index (κ1) is 10.2. The predicted octanol–water partition coefficient (Wildman–Crippen LogP) is 2.20. The van der Waals surface area contributed by atoms with E-state index in [1.54, 1.807) is 0 Å². The summed E-state index contributed by atoms with van der Waals surface area (Å²) < 4.78 is 0. The van der Waals surface area contributed by atoms with Crippen LogP contribution in [0, 0.1) is 11.3 Å². The van der Waals surface area contributed by atoms with Gasteiger partial charge in [-0.2, -0.15) is 5.26 Å². The molecule has 0 fully saturated rings. The van der Waals surface area contributed by atoms with E-state index in [1.807, 2.05) is 19.2 Å². The molecule has 1 aromatic rings. The molecule has 78 valence electrons. The summed E-state index contributed by atoms with van der Waals surface area (Å²) >= 11 is 0. The number of rotatable bonds is 2. The molecule has 2 rings (SSSR count). The Balaban J connectivity index is 2.40. The standard InChI is InChI=1S/C13H16N2/c1-15-9-11-5-3-6-12-10(8-14)4-2-7-13(11)12/h2,4,7,11,15H,3,5-6,9H2,1H3. The quantitative estimate of drug-likeness (QED) is 0.794. The number of fused-ring (bicyclic) bond motifs is 1. The molecule has 1 unspecified atom stereocenters. The number of nitriles is 1. The van der Waals surface area contributed by atoms with Gasteiger partial charge in [-0.05, 0) is 49.4 Å². The van der Waals surface area contributed by atoms with Gasteiger partial charge in [-0.15, -0.1) is 0 Å². The number of hydrogen-bond acceptors (Lipinski definition) is 2. The van der Waals surface area contributed by atoms with Crippen molar-refractivity contribution in [3.05, 3.63) is 34.9 Å². The summed E-state index contributed by atoms with van der Waals surface area (Å²) in [7, 11) is 1.99. The van der Waals surface area contributed by atoms with Gasteiger partial charge in [0.1, 0.15) is 0 Å². The molecule has 1 aliphatic carbocycles. The number of nitrogens with one attached hydrogen (secondary N) is 1. The fourth-order valence-electron chi connectivity index (χ4n) is 2.51. The van der Waals surface area contributed by atoms with E-state index in [0.717, 1.165) is 18.5 Å². The molecule has 15 heavy (non-hydrogen) atoms. The second-order valence-corrected chi connectivity index (χ2v) is 4.13. The van der Waals surface area contributed by atoms with Gasteiger partial charge in [-0.1, -0.05) is 12.1 Å². The van der Waals surface area contributed by atoms with Crippen LogP contribution in [0.15, 0.2) is 18.2 Å². The zero-order chi connectivity index (χ0) is 10.7. The second-order valence-electron chi connectivity index (χ2n) is 4.13. The van der Waals surface area contributed by atoms with Gasteiger partial charge in [-0.25, -0.2) is 0 Å². The molecule has 0 saturated carbocycles.